The Bertz CT molecular complexity index is 418. The first-order chi connectivity index (χ1) is 7.25. The van der Waals surface area contributed by atoms with Gasteiger partial charge < -0.3 is 9.73 Å². The van der Waals surface area contributed by atoms with Crippen molar-refractivity contribution >= 4 is 5.82 Å². The molecule has 0 fully saturated rings. The van der Waals surface area contributed by atoms with Crippen molar-refractivity contribution in [3.63, 3.8) is 0 Å². The van der Waals surface area contributed by atoms with E-state index >= 15 is 0 Å². The first-order valence-electron chi connectivity index (χ1n) is 4.70. The molecule has 0 aliphatic rings. The lowest BCUT2D eigenvalue weighted by Crippen LogP contribution is -2.01. The quantitative estimate of drug-likeness (QED) is 0.824. The van der Waals surface area contributed by atoms with Crippen LogP contribution in [0.25, 0.3) is 0 Å². The van der Waals surface area contributed by atoms with Crippen LogP contribution in [-0.4, -0.2) is 15.2 Å². The Balaban J connectivity index is 1.99. The Morgan fingerprint density at radius 1 is 1.40 bits per heavy atom. The summed E-state index contributed by atoms with van der Waals surface area (Å²) < 4.78 is 5.41. The molecular weight excluding hydrogens is 192 g/mol. The Kier molecular flexibility index (Phi) is 2.62. The topological polar surface area (TPSA) is 63.8 Å². The largest absolute Gasteiger partial charge is 0.444 e. The number of aromatic nitrogens is 3. The van der Waals surface area contributed by atoms with Crippen molar-refractivity contribution in [2.24, 2.45) is 0 Å². The lowest BCUT2D eigenvalue weighted by Gasteiger charge is -1.99. The highest BCUT2D eigenvalue weighted by atomic mass is 16.4. The Hall–Kier alpha value is -1.91. The molecular formula is C10H12N4O. The number of nitrogens with zero attached hydrogens (tertiary/aromatic N) is 3. The van der Waals surface area contributed by atoms with E-state index in [1.54, 1.807) is 6.20 Å². The van der Waals surface area contributed by atoms with Gasteiger partial charge >= 0.3 is 0 Å². The molecule has 0 bridgehead atoms. The van der Waals surface area contributed by atoms with Crippen molar-refractivity contribution in [3.05, 3.63) is 35.7 Å². The van der Waals surface area contributed by atoms with Gasteiger partial charge in [0.25, 0.3) is 0 Å². The summed E-state index contributed by atoms with van der Waals surface area (Å²) in [6, 6.07) is 3.66. The summed E-state index contributed by atoms with van der Waals surface area (Å²) in [5, 5.41) is 10.7. The minimum absolute atomic E-state index is 0.521. The summed E-state index contributed by atoms with van der Waals surface area (Å²) in [5.41, 5.74) is 0.922. The van der Waals surface area contributed by atoms with Gasteiger partial charge in [-0.3, -0.25) is 0 Å². The van der Waals surface area contributed by atoms with E-state index in [0.717, 1.165) is 11.5 Å². The second-order valence-electron chi connectivity index (χ2n) is 3.21. The third-order valence-electron chi connectivity index (χ3n) is 2.07. The third kappa shape index (κ3) is 2.31. The fourth-order valence-corrected chi connectivity index (χ4v) is 1.18. The molecule has 0 aliphatic carbocycles. The van der Waals surface area contributed by atoms with Gasteiger partial charge in [0.05, 0.1) is 12.2 Å². The minimum atomic E-state index is 0.521. The lowest BCUT2D eigenvalue weighted by molar-refractivity contribution is 0.478. The van der Waals surface area contributed by atoms with Gasteiger partial charge in [-0.05, 0) is 26.0 Å². The molecule has 0 amide bonds. The zero-order valence-electron chi connectivity index (χ0n) is 8.69. The van der Waals surface area contributed by atoms with E-state index in [-0.39, 0.29) is 0 Å². The van der Waals surface area contributed by atoms with E-state index in [0.29, 0.717) is 18.3 Å². The molecule has 0 aromatic carbocycles. The summed E-state index contributed by atoms with van der Waals surface area (Å²) >= 11 is 0. The molecule has 2 aromatic rings. The predicted molar refractivity (Wildman–Crippen MR) is 55.3 cm³/mol. The molecule has 5 heteroatoms. The molecule has 15 heavy (non-hydrogen) atoms. The molecule has 1 N–H and O–H groups in total. The Labute approximate surface area is 87.6 Å². The summed E-state index contributed by atoms with van der Waals surface area (Å²) in [4.78, 5) is 4.25. The van der Waals surface area contributed by atoms with Crippen molar-refractivity contribution in [2.45, 2.75) is 20.4 Å². The van der Waals surface area contributed by atoms with Crippen LogP contribution < -0.4 is 5.32 Å². The average molecular weight is 204 g/mol. The van der Waals surface area contributed by atoms with Crippen LogP contribution in [-0.2, 0) is 6.54 Å². The van der Waals surface area contributed by atoms with Gasteiger partial charge in [-0.15, -0.1) is 5.10 Å². The second-order valence-corrected chi connectivity index (χ2v) is 3.21. The van der Waals surface area contributed by atoms with Crippen LogP contribution >= 0.6 is 0 Å². The highest BCUT2D eigenvalue weighted by Crippen LogP contribution is 2.09. The molecule has 0 unspecified atom stereocenters. The average Bonchev–Trinajstić information content (AvgIpc) is 2.57. The van der Waals surface area contributed by atoms with Gasteiger partial charge in [-0.25, -0.2) is 4.98 Å². The maximum atomic E-state index is 5.41. The van der Waals surface area contributed by atoms with Gasteiger partial charge in [0, 0.05) is 6.20 Å². The van der Waals surface area contributed by atoms with Gasteiger partial charge in [0.2, 0.25) is 5.89 Å². The van der Waals surface area contributed by atoms with Crippen LogP contribution in [0.15, 0.2) is 22.7 Å². The van der Waals surface area contributed by atoms with Gasteiger partial charge in [0.1, 0.15) is 11.6 Å². The maximum Gasteiger partial charge on any atom is 0.213 e. The van der Waals surface area contributed by atoms with E-state index in [4.69, 9.17) is 4.42 Å². The number of aryl methyl sites for hydroxylation is 2. The standard InChI is InChI=1S/C10H12N4O/c1-7-8(2)15-10(13-7)6-11-9-4-3-5-12-14-9/h3-5H,6H2,1-2H3,(H,11,14). The fraction of sp³-hybridized carbons (Fsp3) is 0.300. The first kappa shape index (κ1) is 9.64. The number of hydrogen-bond acceptors (Lipinski definition) is 5. The normalized spacial score (nSPS) is 10.3. The number of rotatable bonds is 3. The van der Waals surface area contributed by atoms with Gasteiger partial charge in [0.15, 0.2) is 0 Å². The monoisotopic (exact) mass is 204 g/mol. The van der Waals surface area contributed by atoms with Crippen LogP contribution in [0.1, 0.15) is 17.3 Å². The molecule has 0 atom stereocenters. The maximum absolute atomic E-state index is 5.41. The zero-order valence-corrected chi connectivity index (χ0v) is 8.69. The van der Waals surface area contributed by atoms with Crippen LogP contribution in [0, 0.1) is 13.8 Å². The minimum Gasteiger partial charge on any atom is -0.444 e. The predicted octanol–water partition coefficient (Wildman–Crippen LogP) is 1.69. The summed E-state index contributed by atoms with van der Waals surface area (Å²) in [6.07, 6.45) is 1.63. The van der Waals surface area contributed by atoms with Crippen molar-refractivity contribution in [3.8, 4) is 0 Å². The molecule has 2 rings (SSSR count). The van der Waals surface area contributed by atoms with Crippen molar-refractivity contribution < 1.29 is 4.42 Å². The number of anilines is 1. The van der Waals surface area contributed by atoms with Crippen LogP contribution in [0.5, 0.6) is 0 Å². The van der Waals surface area contributed by atoms with Gasteiger partial charge in [-0.2, -0.15) is 5.10 Å². The van der Waals surface area contributed by atoms with E-state index in [1.807, 2.05) is 26.0 Å². The lowest BCUT2D eigenvalue weighted by atomic mass is 10.4. The molecule has 0 radical (unpaired) electrons. The van der Waals surface area contributed by atoms with Crippen LogP contribution in [0.3, 0.4) is 0 Å². The smallest absolute Gasteiger partial charge is 0.213 e. The molecule has 0 spiro atoms. The van der Waals surface area contributed by atoms with Crippen molar-refractivity contribution in [2.75, 3.05) is 5.32 Å². The zero-order chi connectivity index (χ0) is 10.7. The third-order valence-corrected chi connectivity index (χ3v) is 2.07. The van der Waals surface area contributed by atoms with Crippen molar-refractivity contribution in [1.82, 2.24) is 15.2 Å². The SMILES string of the molecule is Cc1nc(CNc2cccnn2)oc1C. The Morgan fingerprint density at radius 3 is 2.87 bits per heavy atom. The molecule has 0 saturated carbocycles. The van der Waals surface area contributed by atoms with E-state index in [9.17, 15) is 0 Å². The first-order valence-corrected chi connectivity index (χ1v) is 4.70. The van der Waals surface area contributed by atoms with Crippen LogP contribution in [0.4, 0.5) is 5.82 Å². The molecule has 0 aliphatic heterocycles. The number of oxazole rings is 1. The van der Waals surface area contributed by atoms with E-state index < -0.39 is 0 Å². The van der Waals surface area contributed by atoms with Crippen molar-refractivity contribution in [1.29, 1.82) is 0 Å². The molecule has 2 aromatic heterocycles. The molecule has 0 saturated heterocycles. The van der Waals surface area contributed by atoms with E-state index in [2.05, 4.69) is 20.5 Å². The highest BCUT2D eigenvalue weighted by molar-refractivity contribution is 5.31. The summed E-state index contributed by atoms with van der Waals surface area (Å²) in [6.45, 7) is 4.34. The highest BCUT2D eigenvalue weighted by Gasteiger charge is 2.04. The second kappa shape index (κ2) is 4.08. The van der Waals surface area contributed by atoms with E-state index in [1.165, 1.54) is 0 Å². The Morgan fingerprint density at radius 2 is 2.27 bits per heavy atom. The van der Waals surface area contributed by atoms with Crippen LogP contribution in [0.2, 0.25) is 0 Å². The molecule has 5 nitrogen and oxygen atoms in total. The number of hydrogen-bond donors (Lipinski definition) is 1. The molecule has 2 heterocycles. The molecule has 78 valence electrons. The fourth-order valence-electron chi connectivity index (χ4n) is 1.18. The number of nitrogens with one attached hydrogen (secondary N) is 1. The van der Waals surface area contributed by atoms with Gasteiger partial charge in [-0.1, -0.05) is 0 Å². The summed E-state index contributed by atoms with van der Waals surface area (Å²) in [5.74, 6) is 2.23. The summed E-state index contributed by atoms with van der Waals surface area (Å²) in [7, 11) is 0.